The van der Waals surface area contributed by atoms with Gasteiger partial charge in [0.15, 0.2) is 0 Å². The van der Waals surface area contributed by atoms with Crippen LogP contribution in [-0.4, -0.2) is 25.8 Å². The van der Waals surface area contributed by atoms with Crippen LogP contribution in [0.4, 0.5) is 4.39 Å². The molecule has 1 saturated carbocycles. The van der Waals surface area contributed by atoms with E-state index in [4.69, 9.17) is 0 Å². The summed E-state index contributed by atoms with van der Waals surface area (Å²) in [6, 6.07) is 6.82. The molecule has 2 heterocycles. The monoisotopic (exact) mass is 393 g/mol. The largest absolute Gasteiger partial charge is 0.343 e. The molecule has 2 aromatic heterocycles. The molecule has 1 aliphatic rings. The summed E-state index contributed by atoms with van der Waals surface area (Å²) < 4.78 is 13.4. The summed E-state index contributed by atoms with van der Waals surface area (Å²) in [4.78, 5) is 40.1. The Kier molecular flexibility index (Phi) is 5.41. The quantitative estimate of drug-likeness (QED) is 0.671. The van der Waals surface area contributed by atoms with Crippen molar-refractivity contribution in [3.05, 3.63) is 87.9 Å². The SMILES string of the molecule is O=C(N[C@H](Cc1cc(=O)[nH]c(C2CCC2)n1)c1ccc(F)cc1)c1cnccn1. The molecule has 3 aromatic rings. The number of hydrogen-bond donors (Lipinski definition) is 2. The van der Waals surface area contributed by atoms with Crippen LogP contribution in [0.5, 0.6) is 0 Å². The van der Waals surface area contributed by atoms with Crippen molar-refractivity contribution in [2.24, 2.45) is 0 Å². The molecule has 0 radical (unpaired) electrons. The van der Waals surface area contributed by atoms with Crippen LogP contribution in [0, 0.1) is 5.82 Å². The molecule has 148 valence electrons. The first-order valence-corrected chi connectivity index (χ1v) is 9.51. The van der Waals surface area contributed by atoms with Crippen molar-refractivity contribution in [3.63, 3.8) is 0 Å². The van der Waals surface area contributed by atoms with Gasteiger partial charge in [-0.15, -0.1) is 0 Å². The molecular formula is C21H20FN5O2. The molecule has 1 atom stereocenters. The molecule has 0 bridgehead atoms. The summed E-state index contributed by atoms with van der Waals surface area (Å²) in [5.74, 6) is 0.198. The second-order valence-corrected chi connectivity index (χ2v) is 7.12. The Morgan fingerprint density at radius 3 is 2.69 bits per heavy atom. The van der Waals surface area contributed by atoms with Gasteiger partial charge >= 0.3 is 0 Å². The Hall–Kier alpha value is -3.42. The van der Waals surface area contributed by atoms with Crippen LogP contribution in [0.15, 0.2) is 53.7 Å². The minimum Gasteiger partial charge on any atom is -0.343 e. The van der Waals surface area contributed by atoms with Crippen molar-refractivity contribution >= 4 is 5.91 Å². The summed E-state index contributed by atoms with van der Waals surface area (Å²) in [6.07, 6.45) is 7.74. The smallest absolute Gasteiger partial charge is 0.271 e. The van der Waals surface area contributed by atoms with Gasteiger partial charge in [-0.25, -0.2) is 14.4 Å². The second kappa shape index (κ2) is 8.30. The Morgan fingerprint density at radius 2 is 2.03 bits per heavy atom. The molecule has 1 fully saturated rings. The third-order valence-electron chi connectivity index (χ3n) is 5.09. The maximum absolute atomic E-state index is 13.4. The average Bonchev–Trinajstić information content (AvgIpc) is 2.67. The fourth-order valence-corrected chi connectivity index (χ4v) is 3.31. The molecular weight excluding hydrogens is 373 g/mol. The topological polar surface area (TPSA) is 101 Å². The highest BCUT2D eigenvalue weighted by Gasteiger charge is 2.24. The Bertz CT molecular complexity index is 1050. The van der Waals surface area contributed by atoms with Gasteiger partial charge in [0, 0.05) is 30.8 Å². The van der Waals surface area contributed by atoms with Gasteiger partial charge in [-0.05, 0) is 30.5 Å². The van der Waals surface area contributed by atoms with Gasteiger partial charge in [0.05, 0.1) is 17.9 Å². The molecule has 8 heteroatoms. The van der Waals surface area contributed by atoms with Gasteiger partial charge < -0.3 is 10.3 Å². The van der Waals surface area contributed by atoms with E-state index < -0.39 is 11.9 Å². The number of carbonyl (C=O) groups excluding carboxylic acids is 1. The third-order valence-corrected chi connectivity index (χ3v) is 5.09. The number of halogens is 1. The summed E-state index contributed by atoms with van der Waals surface area (Å²) in [5, 5.41) is 2.90. The predicted octanol–water partition coefficient (Wildman–Crippen LogP) is 2.68. The minimum absolute atomic E-state index is 0.175. The Morgan fingerprint density at radius 1 is 1.24 bits per heavy atom. The first-order chi connectivity index (χ1) is 14.1. The lowest BCUT2D eigenvalue weighted by Crippen LogP contribution is -2.31. The number of amides is 1. The lowest BCUT2D eigenvalue weighted by atomic mass is 9.85. The van der Waals surface area contributed by atoms with E-state index >= 15 is 0 Å². The Balaban J connectivity index is 1.62. The van der Waals surface area contributed by atoms with Crippen molar-refractivity contribution in [1.82, 2.24) is 25.3 Å². The molecule has 0 spiro atoms. The predicted molar refractivity (Wildman–Crippen MR) is 104 cm³/mol. The average molecular weight is 393 g/mol. The number of benzene rings is 1. The van der Waals surface area contributed by atoms with E-state index in [1.54, 1.807) is 12.1 Å². The molecule has 2 N–H and O–H groups in total. The van der Waals surface area contributed by atoms with Crippen molar-refractivity contribution in [2.75, 3.05) is 0 Å². The molecule has 1 aliphatic carbocycles. The van der Waals surface area contributed by atoms with E-state index in [-0.39, 0.29) is 23.0 Å². The van der Waals surface area contributed by atoms with E-state index in [0.717, 1.165) is 19.3 Å². The summed E-state index contributed by atoms with van der Waals surface area (Å²) in [7, 11) is 0. The fraction of sp³-hybridized carbons (Fsp3) is 0.286. The van der Waals surface area contributed by atoms with Crippen LogP contribution in [0.1, 0.15) is 58.8 Å². The third kappa shape index (κ3) is 4.53. The lowest BCUT2D eigenvalue weighted by molar-refractivity contribution is 0.0931. The van der Waals surface area contributed by atoms with Crippen LogP contribution in [0.2, 0.25) is 0 Å². The lowest BCUT2D eigenvalue weighted by Gasteiger charge is -2.25. The van der Waals surface area contributed by atoms with Gasteiger partial charge in [0.2, 0.25) is 0 Å². The van der Waals surface area contributed by atoms with Crippen molar-refractivity contribution in [1.29, 1.82) is 0 Å². The van der Waals surface area contributed by atoms with Gasteiger partial charge in [-0.3, -0.25) is 14.6 Å². The highest BCUT2D eigenvalue weighted by molar-refractivity contribution is 5.92. The zero-order chi connectivity index (χ0) is 20.2. The summed E-state index contributed by atoms with van der Waals surface area (Å²) in [6.45, 7) is 0. The van der Waals surface area contributed by atoms with E-state index in [1.165, 1.54) is 36.8 Å². The molecule has 0 saturated heterocycles. The van der Waals surface area contributed by atoms with Gasteiger partial charge in [-0.2, -0.15) is 0 Å². The number of nitrogens with one attached hydrogen (secondary N) is 2. The normalized spacial score (nSPS) is 14.8. The summed E-state index contributed by atoms with van der Waals surface area (Å²) >= 11 is 0. The number of aromatic nitrogens is 4. The van der Waals surface area contributed by atoms with Crippen LogP contribution >= 0.6 is 0 Å². The van der Waals surface area contributed by atoms with E-state index in [0.29, 0.717) is 23.5 Å². The first-order valence-electron chi connectivity index (χ1n) is 9.51. The maximum Gasteiger partial charge on any atom is 0.271 e. The molecule has 0 unspecified atom stereocenters. The number of aromatic amines is 1. The van der Waals surface area contributed by atoms with E-state index in [2.05, 4.69) is 25.3 Å². The molecule has 1 aromatic carbocycles. The van der Waals surface area contributed by atoms with E-state index in [1.807, 2.05) is 0 Å². The first kappa shape index (κ1) is 18.9. The standard InChI is InChI=1S/C21H20FN5O2/c22-15-6-4-13(5-7-15)17(26-21(29)18-12-23-8-9-24-18)10-16-11-19(28)27-20(25-16)14-2-1-3-14/h4-9,11-12,14,17H,1-3,10H2,(H,26,29)(H,25,27,28)/t17-/m1/s1. The van der Waals surface area contributed by atoms with Crippen molar-refractivity contribution in [2.45, 2.75) is 37.6 Å². The highest BCUT2D eigenvalue weighted by Crippen LogP contribution is 2.34. The van der Waals surface area contributed by atoms with Gasteiger partial charge in [0.1, 0.15) is 17.3 Å². The number of H-pyrrole nitrogens is 1. The molecule has 4 rings (SSSR count). The number of carbonyl (C=O) groups is 1. The summed E-state index contributed by atoms with van der Waals surface area (Å²) in [5.41, 5.74) is 1.24. The zero-order valence-electron chi connectivity index (χ0n) is 15.6. The van der Waals surface area contributed by atoms with Gasteiger partial charge in [0.25, 0.3) is 11.5 Å². The number of hydrogen-bond acceptors (Lipinski definition) is 5. The van der Waals surface area contributed by atoms with E-state index in [9.17, 15) is 14.0 Å². The van der Waals surface area contributed by atoms with Crippen LogP contribution in [0.25, 0.3) is 0 Å². The molecule has 1 amide bonds. The zero-order valence-corrected chi connectivity index (χ0v) is 15.6. The second-order valence-electron chi connectivity index (χ2n) is 7.12. The molecule has 29 heavy (non-hydrogen) atoms. The Labute approximate surface area is 166 Å². The van der Waals surface area contributed by atoms with Crippen LogP contribution in [0.3, 0.4) is 0 Å². The van der Waals surface area contributed by atoms with Crippen molar-refractivity contribution < 1.29 is 9.18 Å². The fourth-order valence-electron chi connectivity index (χ4n) is 3.31. The van der Waals surface area contributed by atoms with Crippen LogP contribution in [-0.2, 0) is 6.42 Å². The van der Waals surface area contributed by atoms with Crippen molar-refractivity contribution in [3.8, 4) is 0 Å². The molecule has 0 aliphatic heterocycles. The maximum atomic E-state index is 13.4. The number of nitrogens with zero attached hydrogens (tertiary/aromatic N) is 3. The number of rotatable bonds is 6. The van der Waals surface area contributed by atoms with Crippen LogP contribution < -0.4 is 10.9 Å². The van der Waals surface area contributed by atoms with Gasteiger partial charge in [-0.1, -0.05) is 18.6 Å². The minimum atomic E-state index is -0.506. The molecule has 7 nitrogen and oxygen atoms in total. The highest BCUT2D eigenvalue weighted by atomic mass is 19.1.